The van der Waals surface area contributed by atoms with Crippen molar-refractivity contribution in [3.05, 3.63) is 63.7 Å². The number of hydrogen-bond donors (Lipinski definition) is 2. The van der Waals surface area contributed by atoms with Crippen LogP contribution < -0.4 is 5.43 Å². The number of carbonyl (C=O) groups is 1. The molecule has 10 nitrogen and oxygen atoms in total. The number of benzene rings is 2. The molecule has 1 aliphatic rings. The summed E-state index contributed by atoms with van der Waals surface area (Å²) >= 11 is 0. The minimum Gasteiger partial charge on any atom is -0.478 e. The molecule has 0 atom stereocenters. The molecule has 29 heavy (non-hydrogen) atoms. The van der Waals surface area contributed by atoms with Crippen molar-refractivity contribution >= 4 is 33.6 Å². The first-order chi connectivity index (χ1) is 13.8. The highest BCUT2D eigenvalue weighted by molar-refractivity contribution is 7.89. The van der Waals surface area contributed by atoms with Gasteiger partial charge in [0, 0.05) is 19.2 Å². The minimum atomic E-state index is -3.77. The van der Waals surface area contributed by atoms with Crippen LogP contribution in [0.5, 0.6) is 0 Å². The Morgan fingerprint density at radius 2 is 1.83 bits per heavy atom. The van der Waals surface area contributed by atoms with E-state index in [-0.39, 0.29) is 16.1 Å². The summed E-state index contributed by atoms with van der Waals surface area (Å²) in [7, 11) is -3.77. The molecule has 2 aromatic carbocycles. The van der Waals surface area contributed by atoms with Gasteiger partial charge in [0.1, 0.15) is 5.69 Å². The second-order valence-electron chi connectivity index (χ2n) is 6.34. The lowest BCUT2D eigenvalue weighted by Gasteiger charge is -2.15. The van der Waals surface area contributed by atoms with Gasteiger partial charge >= 0.3 is 5.97 Å². The number of nitrogens with one attached hydrogen (secondary N) is 1. The molecule has 152 valence electrons. The van der Waals surface area contributed by atoms with E-state index >= 15 is 0 Å². The first kappa shape index (κ1) is 20.4. The molecule has 1 heterocycles. The number of nitro benzene ring substituents is 1. The molecule has 0 saturated carbocycles. The van der Waals surface area contributed by atoms with E-state index in [0.29, 0.717) is 18.7 Å². The van der Waals surface area contributed by atoms with E-state index < -0.39 is 26.6 Å². The van der Waals surface area contributed by atoms with Gasteiger partial charge in [0.25, 0.3) is 5.69 Å². The SMILES string of the molecule is O=C(O)c1ccc(/C=N/Nc2ccc(S(=O)(=O)N3CCCC3)cc2[N+](=O)[O-])cc1. The van der Waals surface area contributed by atoms with Gasteiger partial charge in [-0.3, -0.25) is 15.5 Å². The molecule has 0 unspecified atom stereocenters. The monoisotopic (exact) mass is 418 g/mol. The lowest BCUT2D eigenvalue weighted by atomic mass is 10.1. The zero-order chi connectivity index (χ0) is 21.0. The van der Waals surface area contributed by atoms with Crippen molar-refractivity contribution in [2.75, 3.05) is 18.5 Å². The Balaban J connectivity index is 1.80. The van der Waals surface area contributed by atoms with Crippen molar-refractivity contribution < 1.29 is 23.2 Å². The maximum Gasteiger partial charge on any atom is 0.335 e. The van der Waals surface area contributed by atoms with Gasteiger partial charge in [-0.2, -0.15) is 9.41 Å². The summed E-state index contributed by atoms with van der Waals surface area (Å²) in [5.41, 5.74) is 2.86. The Morgan fingerprint density at radius 3 is 2.41 bits per heavy atom. The Morgan fingerprint density at radius 1 is 1.17 bits per heavy atom. The van der Waals surface area contributed by atoms with Crippen molar-refractivity contribution in [2.24, 2.45) is 5.10 Å². The molecule has 1 saturated heterocycles. The summed E-state index contributed by atoms with van der Waals surface area (Å²) in [5, 5.41) is 24.2. The zero-order valence-electron chi connectivity index (χ0n) is 15.2. The van der Waals surface area contributed by atoms with Crippen LogP contribution in [0.25, 0.3) is 0 Å². The van der Waals surface area contributed by atoms with Crippen molar-refractivity contribution in [1.29, 1.82) is 0 Å². The summed E-state index contributed by atoms with van der Waals surface area (Å²) in [5.74, 6) is -1.05. The fraction of sp³-hybridized carbons (Fsp3) is 0.222. The number of hydrogen-bond acceptors (Lipinski definition) is 7. The van der Waals surface area contributed by atoms with Crippen LogP contribution in [0.2, 0.25) is 0 Å². The molecule has 1 aliphatic heterocycles. The molecule has 11 heteroatoms. The lowest BCUT2D eigenvalue weighted by molar-refractivity contribution is -0.384. The molecular formula is C18H18N4O6S. The molecule has 0 spiro atoms. The molecule has 2 N–H and O–H groups in total. The highest BCUT2D eigenvalue weighted by Gasteiger charge is 2.29. The third-order valence-corrected chi connectivity index (χ3v) is 6.32. The second kappa shape index (κ2) is 8.37. The molecule has 0 amide bonds. The summed E-state index contributed by atoms with van der Waals surface area (Å²) in [6, 6.07) is 9.51. The summed E-state index contributed by atoms with van der Waals surface area (Å²) in [4.78, 5) is 21.4. The van der Waals surface area contributed by atoms with Gasteiger partial charge in [0.15, 0.2) is 0 Å². The number of aromatic carboxylic acids is 1. The highest BCUT2D eigenvalue weighted by Crippen LogP contribution is 2.30. The van der Waals surface area contributed by atoms with E-state index in [1.807, 2.05) is 0 Å². The van der Waals surface area contributed by atoms with E-state index in [2.05, 4.69) is 10.5 Å². The van der Waals surface area contributed by atoms with Gasteiger partial charge in [0.2, 0.25) is 10.0 Å². The van der Waals surface area contributed by atoms with Crippen LogP contribution in [0.3, 0.4) is 0 Å². The van der Waals surface area contributed by atoms with Gasteiger partial charge in [-0.15, -0.1) is 0 Å². The van der Waals surface area contributed by atoms with Crippen molar-refractivity contribution in [1.82, 2.24) is 4.31 Å². The zero-order valence-corrected chi connectivity index (χ0v) is 16.0. The van der Waals surface area contributed by atoms with Gasteiger partial charge in [-0.1, -0.05) is 12.1 Å². The largest absolute Gasteiger partial charge is 0.478 e. The molecule has 1 fully saturated rings. The van der Waals surface area contributed by atoms with Crippen molar-refractivity contribution in [2.45, 2.75) is 17.7 Å². The number of carboxylic acids is 1. The van der Waals surface area contributed by atoms with E-state index in [1.165, 1.54) is 46.9 Å². The Kier molecular flexibility index (Phi) is 5.89. The molecule has 0 aromatic heterocycles. The number of rotatable bonds is 7. The maximum absolute atomic E-state index is 12.6. The fourth-order valence-corrected chi connectivity index (χ4v) is 4.42. The third-order valence-electron chi connectivity index (χ3n) is 4.42. The maximum atomic E-state index is 12.6. The second-order valence-corrected chi connectivity index (χ2v) is 8.28. The Labute approximate surface area is 166 Å². The number of anilines is 1. The lowest BCUT2D eigenvalue weighted by Crippen LogP contribution is -2.27. The predicted molar refractivity (Wildman–Crippen MR) is 106 cm³/mol. The summed E-state index contributed by atoms with van der Waals surface area (Å²) in [6.45, 7) is 0.808. The topological polar surface area (TPSA) is 142 Å². The average Bonchev–Trinajstić information content (AvgIpc) is 3.24. The van der Waals surface area contributed by atoms with E-state index in [9.17, 15) is 23.3 Å². The number of carboxylic acid groups (broad SMARTS) is 1. The number of sulfonamides is 1. The standard InChI is InChI=1S/C18H18N4O6S/c23-18(24)14-5-3-13(4-6-14)12-19-20-16-8-7-15(11-17(16)22(25)26)29(27,28)21-9-1-2-10-21/h3-8,11-12,20H,1-2,9-10H2,(H,23,24)/b19-12+. The summed E-state index contributed by atoms with van der Waals surface area (Å²) < 4.78 is 26.5. The fourth-order valence-electron chi connectivity index (χ4n) is 2.88. The van der Waals surface area contributed by atoms with Crippen LogP contribution in [0, 0.1) is 10.1 Å². The molecule has 0 aliphatic carbocycles. The van der Waals surface area contributed by atoms with Crippen LogP contribution in [0.1, 0.15) is 28.8 Å². The van der Waals surface area contributed by atoms with Gasteiger partial charge in [0.05, 0.1) is 21.6 Å². The quantitative estimate of drug-likeness (QED) is 0.399. The number of nitro groups is 1. The number of nitrogens with zero attached hydrogens (tertiary/aromatic N) is 3. The minimum absolute atomic E-state index is 0.0359. The van der Waals surface area contributed by atoms with E-state index in [4.69, 9.17) is 5.11 Å². The van der Waals surface area contributed by atoms with Crippen LogP contribution in [0.4, 0.5) is 11.4 Å². The van der Waals surface area contributed by atoms with Crippen LogP contribution in [0.15, 0.2) is 52.5 Å². The average molecular weight is 418 g/mol. The molecule has 3 rings (SSSR count). The number of hydrazone groups is 1. The molecule has 0 bridgehead atoms. The van der Waals surface area contributed by atoms with E-state index in [1.54, 1.807) is 0 Å². The van der Waals surface area contributed by atoms with Crippen molar-refractivity contribution in [3.8, 4) is 0 Å². The van der Waals surface area contributed by atoms with Gasteiger partial charge in [-0.05, 0) is 42.7 Å². The smallest absolute Gasteiger partial charge is 0.335 e. The highest BCUT2D eigenvalue weighted by atomic mass is 32.2. The Bertz CT molecular complexity index is 1060. The normalized spacial score (nSPS) is 14.9. The van der Waals surface area contributed by atoms with Gasteiger partial charge in [-0.25, -0.2) is 13.2 Å². The third kappa shape index (κ3) is 4.58. The summed E-state index contributed by atoms with van der Waals surface area (Å²) in [6.07, 6.45) is 2.90. The van der Waals surface area contributed by atoms with Gasteiger partial charge < -0.3 is 5.11 Å². The molecule has 2 aromatic rings. The predicted octanol–water partition coefficient (Wildman–Crippen LogP) is 2.52. The first-order valence-electron chi connectivity index (χ1n) is 8.70. The first-order valence-corrected chi connectivity index (χ1v) is 10.1. The molecular weight excluding hydrogens is 400 g/mol. The Hall–Kier alpha value is -3.31. The van der Waals surface area contributed by atoms with Crippen LogP contribution in [-0.2, 0) is 10.0 Å². The van der Waals surface area contributed by atoms with E-state index in [0.717, 1.165) is 18.9 Å². The van der Waals surface area contributed by atoms with Crippen LogP contribution in [-0.4, -0.2) is 48.0 Å². The van der Waals surface area contributed by atoms with Crippen molar-refractivity contribution in [3.63, 3.8) is 0 Å². The van der Waals surface area contributed by atoms with Crippen LogP contribution >= 0.6 is 0 Å². The molecule has 0 radical (unpaired) electrons.